The lowest BCUT2D eigenvalue weighted by atomic mass is 10.0. The van der Waals surface area contributed by atoms with Crippen LogP contribution >= 0.6 is 0 Å². The van der Waals surface area contributed by atoms with E-state index in [1.54, 1.807) is 0 Å². The van der Waals surface area contributed by atoms with E-state index in [4.69, 9.17) is 0 Å². The van der Waals surface area contributed by atoms with Crippen molar-refractivity contribution in [3.63, 3.8) is 0 Å². The Balaban J connectivity index is 2.21. The molecule has 0 unspecified atom stereocenters. The van der Waals surface area contributed by atoms with Gasteiger partial charge in [-0.25, -0.2) is 4.79 Å². The molecule has 0 spiro atoms. The summed E-state index contributed by atoms with van der Waals surface area (Å²) in [5.41, 5.74) is 0.853. The zero-order chi connectivity index (χ0) is 13.8. The third kappa shape index (κ3) is 3.47. The largest absolute Gasteiger partial charge is 0.480 e. The molecule has 0 amide bonds. The predicted octanol–water partition coefficient (Wildman–Crippen LogP) is 3.75. The summed E-state index contributed by atoms with van der Waals surface area (Å²) in [5.74, 6) is -0.462. The molecule has 0 aromatic heterocycles. The third-order valence-corrected chi connectivity index (χ3v) is 3.10. The van der Waals surface area contributed by atoms with E-state index >= 15 is 0 Å². The van der Waals surface area contributed by atoms with Gasteiger partial charge in [0.05, 0.1) is 0 Å². The molecule has 2 aromatic carbocycles. The van der Waals surface area contributed by atoms with Gasteiger partial charge in [-0.1, -0.05) is 44.2 Å². The molecule has 0 aliphatic rings. The molecule has 0 saturated carbocycles. The summed E-state index contributed by atoms with van der Waals surface area (Å²) < 4.78 is 0. The first-order valence-electron chi connectivity index (χ1n) is 6.54. The topological polar surface area (TPSA) is 49.3 Å². The van der Waals surface area contributed by atoms with Crippen molar-refractivity contribution in [2.45, 2.75) is 26.3 Å². The van der Waals surface area contributed by atoms with E-state index in [-0.39, 0.29) is 0 Å². The smallest absolute Gasteiger partial charge is 0.326 e. The maximum absolute atomic E-state index is 11.2. The van der Waals surface area contributed by atoms with Crippen molar-refractivity contribution in [1.29, 1.82) is 0 Å². The highest BCUT2D eigenvalue weighted by atomic mass is 16.4. The summed E-state index contributed by atoms with van der Waals surface area (Å²) in [7, 11) is 0. The number of fused-ring (bicyclic) bond motifs is 1. The van der Waals surface area contributed by atoms with Crippen LogP contribution in [0, 0.1) is 5.92 Å². The van der Waals surface area contributed by atoms with Crippen molar-refractivity contribution in [3.05, 3.63) is 42.5 Å². The summed E-state index contributed by atoms with van der Waals surface area (Å²) in [6, 6.07) is 13.4. The quantitative estimate of drug-likeness (QED) is 0.857. The molecule has 0 heterocycles. The maximum Gasteiger partial charge on any atom is 0.326 e. The van der Waals surface area contributed by atoms with Crippen LogP contribution < -0.4 is 5.32 Å². The standard InChI is InChI=1S/C16H19NO2/c1-11(2)9-15(16(18)19)17-14-8-7-12-5-3-4-6-13(12)10-14/h3-8,10-11,15,17H,9H2,1-2H3,(H,18,19)/t15-/m0/s1. The molecule has 3 heteroatoms. The SMILES string of the molecule is CC(C)C[C@H](Nc1ccc2ccccc2c1)C(=O)O. The van der Waals surface area contributed by atoms with Crippen LogP contribution in [0.25, 0.3) is 10.8 Å². The number of aliphatic carboxylic acids is 1. The number of anilines is 1. The molecule has 0 radical (unpaired) electrons. The molecule has 2 N–H and O–H groups in total. The van der Waals surface area contributed by atoms with Gasteiger partial charge in [0.1, 0.15) is 6.04 Å². The summed E-state index contributed by atoms with van der Waals surface area (Å²) >= 11 is 0. The monoisotopic (exact) mass is 257 g/mol. The van der Waals surface area contributed by atoms with Gasteiger partial charge in [-0.05, 0) is 35.2 Å². The van der Waals surface area contributed by atoms with Gasteiger partial charge in [0.15, 0.2) is 0 Å². The normalized spacial score (nSPS) is 12.6. The molecular formula is C16H19NO2. The second kappa shape index (κ2) is 5.74. The number of carboxylic acid groups (broad SMARTS) is 1. The highest BCUT2D eigenvalue weighted by Crippen LogP contribution is 2.20. The lowest BCUT2D eigenvalue weighted by molar-refractivity contribution is -0.138. The van der Waals surface area contributed by atoms with E-state index in [2.05, 4.69) is 5.32 Å². The first-order valence-corrected chi connectivity index (χ1v) is 6.54. The van der Waals surface area contributed by atoms with Crippen LogP contribution in [0.1, 0.15) is 20.3 Å². The summed E-state index contributed by atoms with van der Waals surface area (Å²) in [6.45, 7) is 4.05. The maximum atomic E-state index is 11.2. The lowest BCUT2D eigenvalue weighted by Gasteiger charge is -2.18. The molecule has 19 heavy (non-hydrogen) atoms. The van der Waals surface area contributed by atoms with Crippen molar-refractivity contribution in [2.75, 3.05) is 5.32 Å². The van der Waals surface area contributed by atoms with Crippen LogP contribution in [0.2, 0.25) is 0 Å². The van der Waals surface area contributed by atoms with E-state index in [1.165, 1.54) is 0 Å². The van der Waals surface area contributed by atoms with Gasteiger partial charge >= 0.3 is 5.97 Å². The lowest BCUT2D eigenvalue weighted by Crippen LogP contribution is -2.30. The minimum Gasteiger partial charge on any atom is -0.480 e. The first-order chi connectivity index (χ1) is 9.06. The van der Waals surface area contributed by atoms with Crippen molar-refractivity contribution >= 4 is 22.4 Å². The van der Waals surface area contributed by atoms with Crippen molar-refractivity contribution < 1.29 is 9.90 Å². The number of hydrogen-bond donors (Lipinski definition) is 2. The molecule has 100 valence electrons. The Morgan fingerprint density at radius 2 is 1.84 bits per heavy atom. The highest BCUT2D eigenvalue weighted by Gasteiger charge is 2.18. The van der Waals surface area contributed by atoms with Gasteiger partial charge in [0.2, 0.25) is 0 Å². The van der Waals surface area contributed by atoms with Crippen LogP contribution in [0.5, 0.6) is 0 Å². The molecule has 1 atom stereocenters. The van der Waals surface area contributed by atoms with Crippen molar-refractivity contribution in [1.82, 2.24) is 0 Å². The van der Waals surface area contributed by atoms with Gasteiger partial charge in [-0.2, -0.15) is 0 Å². The second-order valence-electron chi connectivity index (χ2n) is 5.23. The van der Waals surface area contributed by atoms with Crippen LogP contribution in [-0.4, -0.2) is 17.1 Å². The minimum atomic E-state index is -0.804. The second-order valence-corrected chi connectivity index (χ2v) is 5.23. The molecule has 0 fully saturated rings. The molecule has 2 aromatic rings. The molecular weight excluding hydrogens is 238 g/mol. The summed E-state index contributed by atoms with van der Waals surface area (Å²) in [6.07, 6.45) is 0.613. The number of carboxylic acids is 1. The highest BCUT2D eigenvalue weighted by molar-refractivity contribution is 5.86. The summed E-state index contributed by atoms with van der Waals surface area (Å²) in [5, 5.41) is 14.6. The van der Waals surface area contributed by atoms with Crippen molar-refractivity contribution in [3.8, 4) is 0 Å². The number of nitrogens with one attached hydrogen (secondary N) is 1. The zero-order valence-electron chi connectivity index (χ0n) is 11.3. The first kappa shape index (κ1) is 13.4. The van der Waals surface area contributed by atoms with Crippen molar-refractivity contribution in [2.24, 2.45) is 5.92 Å². The summed E-state index contributed by atoms with van der Waals surface area (Å²) in [4.78, 5) is 11.2. The Morgan fingerprint density at radius 3 is 2.47 bits per heavy atom. The predicted molar refractivity (Wildman–Crippen MR) is 78.4 cm³/mol. The average molecular weight is 257 g/mol. The molecule has 0 aliphatic heterocycles. The fourth-order valence-corrected chi connectivity index (χ4v) is 2.17. The Labute approximate surface area is 113 Å². The number of benzene rings is 2. The van der Waals surface area contributed by atoms with Crippen LogP contribution in [0.15, 0.2) is 42.5 Å². The van der Waals surface area contributed by atoms with Crippen LogP contribution in [0.3, 0.4) is 0 Å². The van der Waals surface area contributed by atoms with Gasteiger partial charge in [0.25, 0.3) is 0 Å². The van der Waals surface area contributed by atoms with E-state index in [0.717, 1.165) is 16.5 Å². The van der Waals surface area contributed by atoms with E-state index in [1.807, 2.05) is 56.3 Å². The molecule has 2 rings (SSSR count). The van der Waals surface area contributed by atoms with E-state index in [9.17, 15) is 9.90 Å². The number of carbonyl (C=O) groups is 1. The molecule has 3 nitrogen and oxygen atoms in total. The number of hydrogen-bond acceptors (Lipinski definition) is 2. The molecule has 0 saturated heterocycles. The van der Waals surface area contributed by atoms with Crippen LogP contribution in [-0.2, 0) is 4.79 Å². The van der Waals surface area contributed by atoms with Gasteiger partial charge in [0, 0.05) is 5.69 Å². The van der Waals surface area contributed by atoms with Gasteiger partial charge in [-0.3, -0.25) is 0 Å². The third-order valence-electron chi connectivity index (χ3n) is 3.10. The van der Waals surface area contributed by atoms with Gasteiger partial charge < -0.3 is 10.4 Å². The van der Waals surface area contributed by atoms with E-state index in [0.29, 0.717) is 12.3 Å². The Morgan fingerprint density at radius 1 is 1.16 bits per heavy atom. The fourth-order valence-electron chi connectivity index (χ4n) is 2.17. The zero-order valence-corrected chi connectivity index (χ0v) is 11.3. The van der Waals surface area contributed by atoms with Gasteiger partial charge in [-0.15, -0.1) is 0 Å². The minimum absolute atomic E-state index is 0.342. The molecule has 0 bridgehead atoms. The average Bonchev–Trinajstić information content (AvgIpc) is 2.37. The Hall–Kier alpha value is -2.03. The van der Waals surface area contributed by atoms with Crippen LogP contribution in [0.4, 0.5) is 5.69 Å². The Bertz CT molecular complexity index is 578. The molecule has 0 aliphatic carbocycles. The Kier molecular flexibility index (Phi) is 4.05. The number of rotatable bonds is 5. The fraction of sp³-hybridized carbons (Fsp3) is 0.312. The van der Waals surface area contributed by atoms with E-state index < -0.39 is 12.0 Å².